The molecule has 0 unspecified atom stereocenters. The van der Waals surface area contributed by atoms with E-state index in [1.807, 2.05) is 0 Å². The van der Waals surface area contributed by atoms with Crippen molar-refractivity contribution in [2.75, 3.05) is 19.0 Å². The minimum Gasteiger partial charge on any atom is -0.465 e. The van der Waals surface area contributed by atoms with Crippen molar-refractivity contribution >= 4 is 17.6 Å². The van der Waals surface area contributed by atoms with Gasteiger partial charge in [-0.1, -0.05) is 0 Å². The van der Waals surface area contributed by atoms with E-state index in [0.29, 0.717) is 26.0 Å². The number of halogens is 1. The smallest absolute Gasteiger partial charge is 0.327 e. The summed E-state index contributed by atoms with van der Waals surface area (Å²) in [5, 5.41) is 0. The fourth-order valence-corrected chi connectivity index (χ4v) is 1.16. The lowest BCUT2D eigenvalue weighted by Gasteiger charge is -2.24. The first-order valence-electron chi connectivity index (χ1n) is 4.33. The van der Waals surface area contributed by atoms with E-state index in [9.17, 15) is 4.79 Å². The molecule has 13 heavy (non-hydrogen) atoms. The molecular weight excluding hydrogens is 192 g/mol. The number of nitrogens with two attached hydrogens (primary N) is 2. The molecule has 0 heterocycles. The molecule has 0 saturated carbocycles. The van der Waals surface area contributed by atoms with Crippen LogP contribution in [0.25, 0.3) is 0 Å². The van der Waals surface area contributed by atoms with Crippen LogP contribution in [0.15, 0.2) is 0 Å². The fraction of sp³-hybridized carbons (Fsp3) is 0.875. The van der Waals surface area contributed by atoms with Crippen LogP contribution >= 0.6 is 11.6 Å². The molecule has 78 valence electrons. The lowest BCUT2D eigenvalue weighted by atomic mass is 9.97. The van der Waals surface area contributed by atoms with Crippen LogP contribution < -0.4 is 11.5 Å². The van der Waals surface area contributed by atoms with Gasteiger partial charge in [-0.05, 0) is 26.3 Å². The number of alkyl halides is 1. The molecular formula is C8H17ClN2O2. The average molecular weight is 209 g/mol. The third kappa shape index (κ3) is 3.93. The van der Waals surface area contributed by atoms with E-state index in [4.69, 9.17) is 27.8 Å². The second-order valence-electron chi connectivity index (χ2n) is 2.90. The molecule has 0 spiro atoms. The Bertz CT molecular complexity index is 166. The molecule has 0 aromatic heterocycles. The zero-order valence-electron chi connectivity index (χ0n) is 7.88. The van der Waals surface area contributed by atoms with Gasteiger partial charge in [0.05, 0.1) is 12.5 Å². The molecule has 0 saturated heterocycles. The van der Waals surface area contributed by atoms with Gasteiger partial charge in [-0.3, -0.25) is 4.79 Å². The van der Waals surface area contributed by atoms with E-state index in [1.165, 1.54) is 0 Å². The van der Waals surface area contributed by atoms with Crippen molar-refractivity contribution in [2.45, 2.75) is 25.3 Å². The van der Waals surface area contributed by atoms with Crippen LogP contribution in [0, 0.1) is 0 Å². The summed E-state index contributed by atoms with van der Waals surface area (Å²) < 4.78 is 4.81. The molecule has 4 nitrogen and oxygen atoms in total. The van der Waals surface area contributed by atoms with Crippen LogP contribution in [0.3, 0.4) is 0 Å². The maximum absolute atomic E-state index is 11.3. The van der Waals surface area contributed by atoms with Crippen molar-refractivity contribution in [3.63, 3.8) is 0 Å². The summed E-state index contributed by atoms with van der Waals surface area (Å²) in [6.07, 6.45) is 1.13. The SMILES string of the molecule is CCOC(=O)[C@](N)(CCl)CCCN. The second-order valence-corrected chi connectivity index (χ2v) is 3.17. The molecule has 5 heteroatoms. The molecule has 0 aromatic rings. The number of hydrogen-bond acceptors (Lipinski definition) is 4. The van der Waals surface area contributed by atoms with E-state index in [1.54, 1.807) is 6.92 Å². The van der Waals surface area contributed by atoms with Gasteiger partial charge in [-0.2, -0.15) is 0 Å². The monoisotopic (exact) mass is 208 g/mol. The standard InChI is InChI=1S/C8H17ClN2O2/c1-2-13-7(12)8(11,6-9)4-3-5-10/h2-6,10-11H2,1H3/t8-/m1/s1. The van der Waals surface area contributed by atoms with Gasteiger partial charge < -0.3 is 16.2 Å². The average Bonchev–Trinajstić information content (AvgIpc) is 2.14. The Morgan fingerprint density at radius 2 is 2.23 bits per heavy atom. The van der Waals surface area contributed by atoms with Crippen molar-refractivity contribution in [2.24, 2.45) is 11.5 Å². The Morgan fingerprint density at radius 3 is 2.62 bits per heavy atom. The predicted molar refractivity (Wildman–Crippen MR) is 52.6 cm³/mol. The molecule has 1 atom stereocenters. The summed E-state index contributed by atoms with van der Waals surface area (Å²) in [5.74, 6) is -0.385. The van der Waals surface area contributed by atoms with Crippen LogP contribution in [0.5, 0.6) is 0 Å². The molecule has 0 amide bonds. The van der Waals surface area contributed by atoms with Gasteiger partial charge in [0.1, 0.15) is 5.54 Å². The lowest BCUT2D eigenvalue weighted by molar-refractivity contribution is -0.149. The number of hydrogen-bond donors (Lipinski definition) is 2. The quantitative estimate of drug-likeness (QED) is 0.484. The van der Waals surface area contributed by atoms with Crippen LogP contribution in [-0.4, -0.2) is 30.5 Å². The first-order chi connectivity index (χ1) is 6.10. The third-order valence-corrected chi connectivity index (χ3v) is 2.22. The predicted octanol–water partition coefficient (Wildman–Crippen LogP) is 0.225. The molecule has 0 fully saturated rings. The highest BCUT2D eigenvalue weighted by molar-refractivity contribution is 6.20. The van der Waals surface area contributed by atoms with E-state index >= 15 is 0 Å². The van der Waals surface area contributed by atoms with Crippen molar-refractivity contribution in [1.82, 2.24) is 0 Å². The Hall–Kier alpha value is -0.320. The highest BCUT2D eigenvalue weighted by atomic mass is 35.5. The largest absolute Gasteiger partial charge is 0.465 e. The minimum absolute atomic E-state index is 0.0613. The molecule has 0 aliphatic rings. The summed E-state index contributed by atoms with van der Waals surface area (Å²) in [6, 6.07) is 0. The number of rotatable bonds is 6. The molecule has 0 aromatic carbocycles. The molecule has 4 N–H and O–H groups in total. The summed E-state index contributed by atoms with van der Waals surface area (Å²) in [6.45, 7) is 2.54. The van der Waals surface area contributed by atoms with E-state index in [-0.39, 0.29) is 5.88 Å². The minimum atomic E-state index is -1.07. The van der Waals surface area contributed by atoms with Gasteiger partial charge in [-0.15, -0.1) is 11.6 Å². The van der Waals surface area contributed by atoms with Crippen molar-refractivity contribution in [3.8, 4) is 0 Å². The Balaban J connectivity index is 4.16. The zero-order chi connectivity index (χ0) is 10.3. The lowest BCUT2D eigenvalue weighted by Crippen LogP contribution is -2.51. The van der Waals surface area contributed by atoms with Crippen LogP contribution in [0.2, 0.25) is 0 Å². The van der Waals surface area contributed by atoms with Gasteiger partial charge in [0.25, 0.3) is 0 Å². The molecule has 0 rings (SSSR count). The molecule has 0 radical (unpaired) electrons. The highest BCUT2D eigenvalue weighted by Crippen LogP contribution is 2.13. The fourth-order valence-electron chi connectivity index (χ4n) is 0.916. The van der Waals surface area contributed by atoms with E-state index in [0.717, 1.165) is 0 Å². The molecule has 0 aliphatic carbocycles. The van der Waals surface area contributed by atoms with Gasteiger partial charge in [0.2, 0.25) is 0 Å². The van der Waals surface area contributed by atoms with Crippen LogP contribution in [0.1, 0.15) is 19.8 Å². The van der Waals surface area contributed by atoms with E-state index in [2.05, 4.69) is 0 Å². The summed E-state index contributed by atoms with van der Waals surface area (Å²) in [4.78, 5) is 11.3. The van der Waals surface area contributed by atoms with Gasteiger partial charge >= 0.3 is 5.97 Å². The third-order valence-electron chi connectivity index (χ3n) is 1.75. The van der Waals surface area contributed by atoms with E-state index < -0.39 is 11.5 Å². The molecule has 0 bridgehead atoms. The number of carbonyl (C=O) groups excluding carboxylic acids is 1. The van der Waals surface area contributed by atoms with Crippen molar-refractivity contribution in [1.29, 1.82) is 0 Å². The van der Waals surface area contributed by atoms with Gasteiger partial charge in [0.15, 0.2) is 0 Å². The summed E-state index contributed by atoms with van der Waals surface area (Å²) in [7, 11) is 0. The van der Waals surface area contributed by atoms with Crippen LogP contribution in [-0.2, 0) is 9.53 Å². The Kier molecular flexibility index (Phi) is 6.03. The first-order valence-corrected chi connectivity index (χ1v) is 4.86. The maximum atomic E-state index is 11.3. The second kappa shape index (κ2) is 6.18. The Labute approximate surface area is 83.6 Å². The Morgan fingerprint density at radius 1 is 1.62 bits per heavy atom. The summed E-state index contributed by atoms with van der Waals surface area (Å²) >= 11 is 5.61. The highest BCUT2D eigenvalue weighted by Gasteiger charge is 2.33. The number of ether oxygens (including phenoxy) is 1. The van der Waals surface area contributed by atoms with Crippen LogP contribution in [0.4, 0.5) is 0 Å². The number of carbonyl (C=O) groups is 1. The van der Waals surface area contributed by atoms with Gasteiger partial charge in [0, 0.05) is 0 Å². The zero-order valence-corrected chi connectivity index (χ0v) is 8.64. The first kappa shape index (κ1) is 12.7. The van der Waals surface area contributed by atoms with Crippen molar-refractivity contribution < 1.29 is 9.53 Å². The molecule has 0 aliphatic heterocycles. The topological polar surface area (TPSA) is 78.3 Å². The van der Waals surface area contributed by atoms with Crippen molar-refractivity contribution in [3.05, 3.63) is 0 Å². The number of esters is 1. The maximum Gasteiger partial charge on any atom is 0.327 e. The summed E-state index contributed by atoms with van der Waals surface area (Å²) in [5.41, 5.74) is 9.99. The normalized spacial score (nSPS) is 15.1. The van der Waals surface area contributed by atoms with Gasteiger partial charge in [-0.25, -0.2) is 0 Å².